The van der Waals surface area contributed by atoms with Gasteiger partial charge in [-0.05, 0) is 57.4 Å². The molecule has 1 unspecified atom stereocenters. The molecule has 0 bridgehead atoms. The minimum absolute atomic E-state index is 0.0718. The average Bonchev–Trinajstić information content (AvgIpc) is 2.96. The molecule has 14 heteroatoms. The molecule has 1 heterocycles. The summed E-state index contributed by atoms with van der Waals surface area (Å²) >= 11 is 0. The highest BCUT2D eigenvalue weighted by atomic mass is 33.1. The lowest BCUT2D eigenvalue weighted by Crippen LogP contribution is -2.61. The largest absolute Gasteiger partial charge is 0.508 e. The zero-order valence-electron chi connectivity index (χ0n) is 25.0. The Morgan fingerprint density at radius 3 is 2.16 bits per heavy atom. The zero-order valence-corrected chi connectivity index (χ0v) is 26.6. The number of nitrogens with two attached hydrogens (primary N) is 1. The fourth-order valence-electron chi connectivity index (χ4n) is 4.44. The Morgan fingerprint density at radius 2 is 1.55 bits per heavy atom. The smallest absolute Gasteiger partial charge is 0.327 e. The molecule has 4 amide bonds. The van der Waals surface area contributed by atoms with Crippen LogP contribution in [0.2, 0.25) is 0 Å². The zero-order chi connectivity index (χ0) is 32.7. The molecule has 3 rings (SSSR count). The van der Waals surface area contributed by atoms with Gasteiger partial charge in [-0.15, -0.1) is 0 Å². The minimum atomic E-state index is -1.36. The molecule has 0 saturated carbocycles. The number of rotatable bonds is 7. The van der Waals surface area contributed by atoms with Gasteiger partial charge in [0.2, 0.25) is 23.6 Å². The van der Waals surface area contributed by atoms with Crippen molar-refractivity contribution in [1.82, 2.24) is 21.3 Å². The second kappa shape index (κ2) is 14.8. The average molecular weight is 646 g/mol. The van der Waals surface area contributed by atoms with Crippen LogP contribution in [-0.2, 0) is 36.8 Å². The Morgan fingerprint density at radius 1 is 0.932 bits per heavy atom. The summed E-state index contributed by atoms with van der Waals surface area (Å²) in [6, 6.07) is 10.5. The number of aromatic hydroxyl groups is 1. The van der Waals surface area contributed by atoms with Gasteiger partial charge in [0.1, 0.15) is 23.9 Å². The molecular formula is C30H39N5O7S2. The quantitative estimate of drug-likeness (QED) is 0.214. The van der Waals surface area contributed by atoms with Gasteiger partial charge in [0.15, 0.2) is 0 Å². The van der Waals surface area contributed by atoms with E-state index in [0.717, 1.165) is 16.4 Å². The number of carbonyl (C=O) groups excluding carboxylic acids is 4. The van der Waals surface area contributed by atoms with E-state index in [2.05, 4.69) is 21.3 Å². The predicted molar refractivity (Wildman–Crippen MR) is 170 cm³/mol. The van der Waals surface area contributed by atoms with Gasteiger partial charge in [0.05, 0.1) is 17.3 Å². The molecule has 12 nitrogen and oxygen atoms in total. The van der Waals surface area contributed by atoms with E-state index in [1.807, 2.05) is 0 Å². The van der Waals surface area contributed by atoms with E-state index < -0.39 is 69.8 Å². The van der Waals surface area contributed by atoms with Gasteiger partial charge < -0.3 is 37.2 Å². The topological polar surface area (TPSA) is 200 Å². The number of phenolic OH excluding ortho intramolecular Hbond substituents is 1. The first-order chi connectivity index (χ1) is 20.6. The van der Waals surface area contributed by atoms with E-state index >= 15 is 0 Å². The number of benzene rings is 2. The van der Waals surface area contributed by atoms with Crippen molar-refractivity contribution in [2.45, 2.75) is 74.2 Å². The molecule has 8 N–H and O–H groups in total. The third kappa shape index (κ3) is 9.63. The fraction of sp³-hybridized carbons (Fsp3) is 0.433. The molecule has 0 aliphatic carbocycles. The molecule has 0 radical (unpaired) electrons. The summed E-state index contributed by atoms with van der Waals surface area (Å²) in [6.07, 6.45) is 0.229. The van der Waals surface area contributed by atoms with E-state index in [4.69, 9.17) is 5.73 Å². The number of nitrogens with one attached hydrogen (secondary N) is 4. The molecule has 238 valence electrons. The molecule has 2 aromatic rings. The van der Waals surface area contributed by atoms with Gasteiger partial charge in [-0.3, -0.25) is 19.2 Å². The van der Waals surface area contributed by atoms with Crippen molar-refractivity contribution < 1.29 is 34.2 Å². The van der Waals surface area contributed by atoms with Gasteiger partial charge in [0.25, 0.3) is 0 Å². The summed E-state index contributed by atoms with van der Waals surface area (Å²) in [5, 5.41) is 30.1. The summed E-state index contributed by atoms with van der Waals surface area (Å²) in [5.41, 5.74) is 7.61. The minimum Gasteiger partial charge on any atom is -0.508 e. The van der Waals surface area contributed by atoms with E-state index in [-0.39, 0.29) is 18.6 Å². The summed E-state index contributed by atoms with van der Waals surface area (Å²) in [7, 11) is 2.32. The number of carboxylic acids is 1. The van der Waals surface area contributed by atoms with Crippen molar-refractivity contribution in [3.63, 3.8) is 0 Å². The van der Waals surface area contributed by atoms with Crippen LogP contribution in [0.1, 0.15) is 38.8 Å². The van der Waals surface area contributed by atoms with Crippen molar-refractivity contribution in [2.75, 3.05) is 6.54 Å². The Hall–Kier alpha value is -3.75. The first-order valence-corrected chi connectivity index (χ1v) is 16.1. The maximum atomic E-state index is 13.5. The maximum Gasteiger partial charge on any atom is 0.327 e. The second-order valence-corrected chi connectivity index (χ2v) is 15.0. The highest BCUT2D eigenvalue weighted by Crippen LogP contribution is 2.46. The van der Waals surface area contributed by atoms with Crippen LogP contribution in [0, 0.1) is 0 Å². The SMILES string of the molecule is CC1(C)SSC(C)(C)[C@@H](C(=O)O)NC(=O)[C@H](Cc2ccccc2)NC(=O)CNC(=O)C1NC(=O)[C@@H](N)Cc1ccc(O)cc1. The lowest BCUT2D eigenvalue weighted by molar-refractivity contribution is -0.143. The molecule has 44 heavy (non-hydrogen) atoms. The molecule has 0 spiro atoms. The van der Waals surface area contributed by atoms with Crippen molar-refractivity contribution in [1.29, 1.82) is 0 Å². The summed E-state index contributed by atoms with van der Waals surface area (Å²) in [4.78, 5) is 65.4. The van der Waals surface area contributed by atoms with E-state index in [1.165, 1.54) is 22.9 Å². The molecule has 0 aromatic heterocycles. The molecule has 1 saturated heterocycles. The van der Waals surface area contributed by atoms with Gasteiger partial charge in [-0.25, -0.2) is 4.79 Å². The predicted octanol–water partition coefficient (Wildman–Crippen LogP) is 1.11. The first-order valence-electron chi connectivity index (χ1n) is 13.9. The van der Waals surface area contributed by atoms with Gasteiger partial charge in [-0.2, -0.15) is 0 Å². The van der Waals surface area contributed by atoms with Crippen LogP contribution in [0.3, 0.4) is 0 Å². The third-order valence-corrected chi connectivity index (χ3v) is 11.3. The van der Waals surface area contributed by atoms with Gasteiger partial charge >= 0.3 is 5.97 Å². The number of hydrogen-bond donors (Lipinski definition) is 7. The Labute approximate surface area is 264 Å². The molecule has 4 atom stereocenters. The van der Waals surface area contributed by atoms with Crippen LogP contribution in [-0.4, -0.2) is 80.0 Å². The van der Waals surface area contributed by atoms with Crippen LogP contribution in [0.5, 0.6) is 5.75 Å². The fourth-order valence-corrected chi connectivity index (χ4v) is 7.26. The normalized spacial score (nSPS) is 23.2. The first kappa shape index (κ1) is 34.7. The van der Waals surface area contributed by atoms with Gasteiger partial charge in [-0.1, -0.05) is 64.1 Å². The van der Waals surface area contributed by atoms with Crippen molar-refractivity contribution in [3.05, 3.63) is 65.7 Å². The molecule has 2 aromatic carbocycles. The lowest BCUT2D eigenvalue weighted by atomic mass is 10.00. The number of hydrogen-bond acceptors (Lipinski definition) is 9. The number of carbonyl (C=O) groups is 5. The van der Waals surface area contributed by atoms with Crippen molar-refractivity contribution in [2.24, 2.45) is 5.73 Å². The third-order valence-electron chi connectivity index (χ3n) is 7.03. The van der Waals surface area contributed by atoms with E-state index in [9.17, 15) is 34.2 Å². The molecule has 1 aliphatic rings. The van der Waals surface area contributed by atoms with Crippen molar-refractivity contribution >= 4 is 51.2 Å². The summed E-state index contributed by atoms with van der Waals surface area (Å²) in [6.45, 7) is 6.21. The number of phenols is 1. The molecule has 1 aliphatic heterocycles. The van der Waals surface area contributed by atoms with Crippen LogP contribution in [0.4, 0.5) is 0 Å². The van der Waals surface area contributed by atoms with Gasteiger partial charge in [0, 0.05) is 11.2 Å². The molecular weight excluding hydrogens is 606 g/mol. The summed E-state index contributed by atoms with van der Waals surface area (Å²) < 4.78 is -2.14. The maximum absolute atomic E-state index is 13.5. The number of amides is 4. The number of carboxylic acid groups (broad SMARTS) is 1. The Bertz CT molecular complexity index is 1360. The highest BCUT2D eigenvalue weighted by molar-refractivity contribution is 8.77. The lowest BCUT2D eigenvalue weighted by Gasteiger charge is -2.38. The Kier molecular flexibility index (Phi) is 11.7. The Balaban J connectivity index is 1.88. The second-order valence-electron chi connectivity index (χ2n) is 11.6. The van der Waals surface area contributed by atoms with Crippen LogP contribution < -0.4 is 27.0 Å². The summed E-state index contributed by atoms with van der Waals surface area (Å²) in [5.74, 6) is -3.82. The molecule has 1 fully saturated rings. The van der Waals surface area contributed by atoms with Crippen molar-refractivity contribution in [3.8, 4) is 5.75 Å². The monoisotopic (exact) mass is 645 g/mol. The van der Waals surface area contributed by atoms with Crippen LogP contribution >= 0.6 is 21.6 Å². The standard InChI is InChI=1S/C30H39N5O7S2/c1-29(2)23(34-25(38)20(31)14-18-10-12-19(36)13-11-18)27(40)32-16-22(37)33-21(15-17-8-6-5-7-9-17)26(39)35-24(28(41)42)30(3,4)44-43-29/h5-13,20-21,23-24,36H,14-16,31H2,1-4H3,(H,32,40)(H,33,37)(H,34,38)(H,35,39)(H,41,42)/t20-,21-,23?,24+/m0/s1. The van der Waals surface area contributed by atoms with E-state index in [1.54, 1.807) is 70.2 Å². The van der Waals surface area contributed by atoms with E-state index in [0.29, 0.717) is 5.56 Å². The van der Waals surface area contributed by atoms with Crippen LogP contribution in [0.25, 0.3) is 0 Å². The van der Waals surface area contributed by atoms with Crippen LogP contribution in [0.15, 0.2) is 54.6 Å². The number of aliphatic carboxylic acids is 1. The highest BCUT2D eigenvalue weighted by Gasteiger charge is 2.44.